The lowest BCUT2D eigenvalue weighted by Crippen LogP contribution is -2.39. The summed E-state index contributed by atoms with van der Waals surface area (Å²) in [5, 5.41) is 0.991. The van der Waals surface area contributed by atoms with Crippen LogP contribution in [0.2, 0.25) is 0 Å². The number of pyridine rings is 1. The fourth-order valence-corrected chi connectivity index (χ4v) is 4.45. The molecule has 1 aliphatic carbocycles. The number of fused-ring (bicyclic) bond motifs is 1. The number of carbonyl (C=O) groups is 1. The van der Waals surface area contributed by atoms with E-state index in [-0.39, 0.29) is 18.0 Å². The Morgan fingerprint density at radius 2 is 1.93 bits per heavy atom. The highest BCUT2D eigenvalue weighted by atomic mass is 16.5. The van der Waals surface area contributed by atoms with Crippen LogP contribution in [0.25, 0.3) is 10.9 Å². The van der Waals surface area contributed by atoms with Crippen molar-refractivity contribution in [2.45, 2.75) is 65.3 Å². The van der Waals surface area contributed by atoms with Crippen LogP contribution < -0.4 is 10.3 Å². The summed E-state index contributed by atoms with van der Waals surface area (Å²) in [4.78, 5) is 28.4. The number of benzene rings is 1. The Morgan fingerprint density at radius 1 is 1.21 bits per heavy atom. The summed E-state index contributed by atoms with van der Waals surface area (Å²) in [5.41, 5.74) is 1.61. The number of aromatic nitrogens is 1. The summed E-state index contributed by atoms with van der Waals surface area (Å²) in [5.74, 6) is 1.37. The van der Waals surface area contributed by atoms with Crippen molar-refractivity contribution in [1.29, 1.82) is 0 Å². The monoisotopic (exact) mass is 398 g/mol. The van der Waals surface area contributed by atoms with Gasteiger partial charge in [-0.1, -0.05) is 33.1 Å². The molecule has 0 aliphatic heterocycles. The smallest absolute Gasteiger partial charge is 0.255 e. The first-order valence-corrected chi connectivity index (χ1v) is 10.9. The third-order valence-electron chi connectivity index (χ3n) is 5.99. The van der Waals surface area contributed by atoms with Gasteiger partial charge in [0.15, 0.2) is 0 Å². The van der Waals surface area contributed by atoms with Gasteiger partial charge >= 0.3 is 0 Å². The van der Waals surface area contributed by atoms with Gasteiger partial charge < -0.3 is 9.64 Å². The molecule has 0 radical (unpaired) electrons. The van der Waals surface area contributed by atoms with Crippen molar-refractivity contribution in [3.05, 3.63) is 40.2 Å². The minimum Gasteiger partial charge on any atom is -0.497 e. The zero-order valence-corrected chi connectivity index (χ0v) is 18.2. The number of hydrogen-bond donors (Lipinski definition) is 0. The van der Waals surface area contributed by atoms with E-state index in [9.17, 15) is 9.59 Å². The molecule has 1 aliphatic rings. The molecule has 5 heteroatoms. The van der Waals surface area contributed by atoms with Crippen LogP contribution in [-0.4, -0.2) is 35.6 Å². The van der Waals surface area contributed by atoms with Gasteiger partial charge in [0.25, 0.3) is 5.56 Å². The van der Waals surface area contributed by atoms with E-state index in [1.54, 1.807) is 11.7 Å². The number of ether oxygens (including phenoxy) is 1. The van der Waals surface area contributed by atoms with Gasteiger partial charge in [-0.25, -0.2) is 0 Å². The van der Waals surface area contributed by atoms with Crippen molar-refractivity contribution in [3.8, 4) is 5.75 Å². The van der Waals surface area contributed by atoms with Gasteiger partial charge in [-0.3, -0.25) is 14.2 Å². The molecule has 0 spiro atoms. The third kappa shape index (κ3) is 4.82. The Labute approximate surface area is 173 Å². The van der Waals surface area contributed by atoms with Crippen molar-refractivity contribution in [1.82, 2.24) is 9.47 Å². The second-order valence-electron chi connectivity index (χ2n) is 8.58. The highest BCUT2D eigenvalue weighted by Crippen LogP contribution is 2.32. The molecular weight excluding hydrogens is 364 g/mol. The maximum atomic E-state index is 13.5. The number of hydrogen-bond acceptors (Lipinski definition) is 3. The van der Waals surface area contributed by atoms with Crippen molar-refractivity contribution in [2.75, 3.05) is 20.2 Å². The Bertz CT molecular complexity index is 910. The molecule has 0 N–H and O–H groups in total. The Kier molecular flexibility index (Phi) is 6.99. The van der Waals surface area contributed by atoms with E-state index < -0.39 is 0 Å². The predicted molar refractivity (Wildman–Crippen MR) is 118 cm³/mol. The molecule has 3 rings (SSSR count). The topological polar surface area (TPSA) is 51.5 Å². The highest BCUT2D eigenvalue weighted by Gasteiger charge is 2.23. The van der Waals surface area contributed by atoms with Gasteiger partial charge in [0.1, 0.15) is 12.3 Å². The quantitative estimate of drug-likeness (QED) is 0.687. The van der Waals surface area contributed by atoms with Gasteiger partial charge in [0.05, 0.1) is 12.6 Å². The Morgan fingerprint density at radius 3 is 2.55 bits per heavy atom. The van der Waals surface area contributed by atoms with Crippen molar-refractivity contribution in [2.24, 2.45) is 5.92 Å². The molecule has 1 aromatic carbocycles. The standard InChI is InChI=1S/C24H34N2O3/c1-5-25(15-17(2)3)23(27)16-26-22-14-20(29-4)12-11-19(22)13-21(24(26)28)18-9-7-6-8-10-18/h11-14,17-18H,5-10,15-16H2,1-4H3. The molecule has 1 fully saturated rings. The SMILES string of the molecule is CCN(CC(C)C)C(=O)Cn1c(=O)c(C2CCCCC2)cc2ccc(OC)cc21. The fourth-order valence-electron chi connectivity index (χ4n) is 4.45. The number of methoxy groups -OCH3 is 1. The Balaban J connectivity index is 2.07. The van der Waals surface area contributed by atoms with Crippen LogP contribution in [0.4, 0.5) is 0 Å². The van der Waals surface area contributed by atoms with Gasteiger partial charge in [-0.05, 0) is 55.2 Å². The molecule has 0 bridgehead atoms. The van der Waals surface area contributed by atoms with Crippen LogP contribution >= 0.6 is 0 Å². The van der Waals surface area contributed by atoms with Crippen molar-refractivity contribution >= 4 is 16.8 Å². The van der Waals surface area contributed by atoms with Crippen LogP contribution in [0.3, 0.4) is 0 Å². The van der Waals surface area contributed by atoms with Crippen LogP contribution in [0, 0.1) is 5.92 Å². The first-order valence-electron chi connectivity index (χ1n) is 10.9. The maximum Gasteiger partial charge on any atom is 0.255 e. The molecule has 0 atom stereocenters. The van der Waals surface area contributed by atoms with E-state index >= 15 is 0 Å². The van der Waals surface area contributed by atoms with Crippen LogP contribution in [0.5, 0.6) is 5.75 Å². The zero-order chi connectivity index (χ0) is 21.0. The summed E-state index contributed by atoms with van der Waals surface area (Å²) in [6, 6.07) is 7.82. The molecule has 29 heavy (non-hydrogen) atoms. The molecule has 0 unspecified atom stereocenters. The van der Waals surface area contributed by atoms with E-state index in [0.717, 1.165) is 29.3 Å². The van der Waals surface area contributed by atoms with Gasteiger partial charge in [0.2, 0.25) is 5.91 Å². The number of likely N-dealkylation sites (N-methyl/N-ethyl adjacent to an activating group) is 1. The van der Waals surface area contributed by atoms with Crippen LogP contribution in [0.1, 0.15) is 64.4 Å². The molecule has 158 valence electrons. The largest absolute Gasteiger partial charge is 0.497 e. The lowest BCUT2D eigenvalue weighted by molar-refractivity contribution is -0.132. The molecule has 5 nitrogen and oxygen atoms in total. The van der Waals surface area contributed by atoms with E-state index in [2.05, 4.69) is 13.8 Å². The molecule has 2 aromatic rings. The van der Waals surface area contributed by atoms with E-state index in [4.69, 9.17) is 4.74 Å². The lowest BCUT2D eigenvalue weighted by Gasteiger charge is -2.25. The summed E-state index contributed by atoms with van der Waals surface area (Å²) >= 11 is 0. The maximum absolute atomic E-state index is 13.5. The average molecular weight is 399 g/mol. The second-order valence-corrected chi connectivity index (χ2v) is 8.58. The number of carbonyl (C=O) groups excluding carboxylic acids is 1. The van der Waals surface area contributed by atoms with Crippen molar-refractivity contribution < 1.29 is 9.53 Å². The summed E-state index contributed by atoms with van der Waals surface area (Å²) in [6.45, 7) is 7.62. The minimum absolute atomic E-state index is 0.00628. The molecule has 1 heterocycles. The number of nitrogens with zero attached hydrogens (tertiary/aromatic N) is 2. The van der Waals surface area contributed by atoms with E-state index in [1.165, 1.54) is 19.3 Å². The third-order valence-corrected chi connectivity index (χ3v) is 5.99. The molecule has 1 amide bonds. The normalized spacial score (nSPS) is 15.1. The molecular formula is C24H34N2O3. The minimum atomic E-state index is -0.0217. The van der Waals surface area contributed by atoms with Crippen molar-refractivity contribution in [3.63, 3.8) is 0 Å². The summed E-state index contributed by atoms with van der Waals surface area (Å²) in [6.07, 6.45) is 5.69. The fraction of sp³-hybridized carbons (Fsp3) is 0.583. The van der Waals surface area contributed by atoms with E-state index in [1.807, 2.05) is 36.1 Å². The highest BCUT2D eigenvalue weighted by molar-refractivity contribution is 5.84. The molecule has 1 saturated carbocycles. The number of amides is 1. The lowest BCUT2D eigenvalue weighted by atomic mass is 9.84. The van der Waals surface area contributed by atoms with Gasteiger partial charge in [-0.15, -0.1) is 0 Å². The first-order chi connectivity index (χ1) is 13.9. The summed E-state index contributed by atoms with van der Waals surface area (Å²) in [7, 11) is 1.62. The van der Waals surface area contributed by atoms with Gasteiger partial charge in [0, 0.05) is 24.7 Å². The van der Waals surface area contributed by atoms with Crippen LogP contribution in [0.15, 0.2) is 29.1 Å². The Hall–Kier alpha value is -2.30. The number of rotatable bonds is 7. The molecule has 1 aromatic heterocycles. The van der Waals surface area contributed by atoms with Crippen LogP contribution in [-0.2, 0) is 11.3 Å². The second kappa shape index (κ2) is 9.47. The average Bonchev–Trinajstić information content (AvgIpc) is 2.73. The van der Waals surface area contributed by atoms with E-state index in [0.29, 0.717) is 30.7 Å². The summed E-state index contributed by atoms with van der Waals surface area (Å²) < 4.78 is 7.05. The van der Waals surface area contributed by atoms with Gasteiger partial charge in [-0.2, -0.15) is 0 Å². The molecule has 0 saturated heterocycles. The predicted octanol–water partition coefficient (Wildman–Crippen LogP) is 4.56. The first kappa shape index (κ1) is 21.4. The zero-order valence-electron chi connectivity index (χ0n) is 18.2.